The molecule has 0 heterocycles. The molecule has 0 atom stereocenters. The van der Waals surface area contributed by atoms with Crippen LogP contribution in [-0.4, -0.2) is 42.3 Å². The Labute approximate surface area is 72.3 Å². The standard InChI is InChI=1S/C7H18N2O3/c8-4-6(5-9)12-3-1-2-7(10)11/h6-7,10-11H,1-5,8-9H2. The summed E-state index contributed by atoms with van der Waals surface area (Å²) in [5, 5.41) is 17.0. The summed E-state index contributed by atoms with van der Waals surface area (Å²) in [5.74, 6) is 0. The van der Waals surface area contributed by atoms with Crippen LogP contribution in [0.4, 0.5) is 0 Å². The van der Waals surface area contributed by atoms with Crippen molar-refractivity contribution < 1.29 is 14.9 Å². The smallest absolute Gasteiger partial charge is 0.151 e. The molecule has 12 heavy (non-hydrogen) atoms. The molecule has 0 aliphatic carbocycles. The molecule has 0 aliphatic heterocycles. The van der Waals surface area contributed by atoms with E-state index in [2.05, 4.69) is 0 Å². The number of rotatable bonds is 7. The molecule has 5 heteroatoms. The van der Waals surface area contributed by atoms with Gasteiger partial charge in [0.1, 0.15) is 0 Å². The highest BCUT2D eigenvalue weighted by atomic mass is 16.5. The number of hydrogen-bond acceptors (Lipinski definition) is 5. The van der Waals surface area contributed by atoms with Crippen molar-refractivity contribution in [2.75, 3.05) is 19.7 Å². The zero-order chi connectivity index (χ0) is 9.40. The molecule has 0 radical (unpaired) electrons. The minimum atomic E-state index is -1.25. The lowest BCUT2D eigenvalue weighted by Crippen LogP contribution is -2.32. The van der Waals surface area contributed by atoms with Gasteiger partial charge in [0.05, 0.1) is 6.10 Å². The van der Waals surface area contributed by atoms with Gasteiger partial charge in [-0.2, -0.15) is 0 Å². The molecule has 5 nitrogen and oxygen atoms in total. The van der Waals surface area contributed by atoms with Crippen LogP contribution in [0.15, 0.2) is 0 Å². The van der Waals surface area contributed by atoms with Gasteiger partial charge in [-0.3, -0.25) is 0 Å². The van der Waals surface area contributed by atoms with Crippen LogP contribution in [0.25, 0.3) is 0 Å². The Hall–Kier alpha value is -0.200. The third-order valence-corrected chi connectivity index (χ3v) is 1.49. The van der Waals surface area contributed by atoms with Crippen molar-refractivity contribution in [1.29, 1.82) is 0 Å². The molecular formula is C7H18N2O3. The maximum Gasteiger partial charge on any atom is 0.151 e. The first-order valence-corrected chi connectivity index (χ1v) is 4.08. The van der Waals surface area contributed by atoms with E-state index in [-0.39, 0.29) is 6.10 Å². The molecule has 6 N–H and O–H groups in total. The van der Waals surface area contributed by atoms with E-state index >= 15 is 0 Å². The molecule has 0 bridgehead atoms. The summed E-state index contributed by atoms with van der Waals surface area (Å²) < 4.78 is 5.22. The number of aliphatic hydroxyl groups is 2. The third-order valence-electron chi connectivity index (χ3n) is 1.49. The molecule has 0 saturated carbocycles. The van der Waals surface area contributed by atoms with E-state index in [1.807, 2.05) is 0 Å². The predicted octanol–water partition coefficient (Wildman–Crippen LogP) is -1.62. The van der Waals surface area contributed by atoms with Gasteiger partial charge in [0.15, 0.2) is 6.29 Å². The molecule has 0 aromatic rings. The summed E-state index contributed by atoms with van der Waals surface area (Å²) in [6.07, 6.45) is -0.431. The van der Waals surface area contributed by atoms with Gasteiger partial charge in [-0.15, -0.1) is 0 Å². The summed E-state index contributed by atoms with van der Waals surface area (Å²) in [4.78, 5) is 0. The zero-order valence-corrected chi connectivity index (χ0v) is 7.15. The van der Waals surface area contributed by atoms with Crippen LogP contribution in [0.1, 0.15) is 12.8 Å². The van der Waals surface area contributed by atoms with Gasteiger partial charge < -0.3 is 26.4 Å². The van der Waals surface area contributed by atoms with Crippen molar-refractivity contribution in [3.05, 3.63) is 0 Å². The summed E-state index contributed by atoms with van der Waals surface area (Å²) in [5.41, 5.74) is 10.6. The van der Waals surface area contributed by atoms with Crippen LogP contribution in [0.3, 0.4) is 0 Å². The molecule has 0 saturated heterocycles. The Balaban J connectivity index is 3.17. The van der Waals surface area contributed by atoms with Gasteiger partial charge in [0.25, 0.3) is 0 Å². The number of ether oxygens (including phenoxy) is 1. The zero-order valence-electron chi connectivity index (χ0n) is 7.15. The van der Waals surface area contributed by atoms with Gasteiger partial charge in [-0.05, 0) is 6.42 Å². The summed E-state index contributed by atoms with van der Waals surface area (Å²) in [6, 6.07) is 0. The molecular weight excluding hydrogens is 160 g/mol. The van der Waals surface area contributed by atoms with Gasteiger partial charge in [-0.1, -0.05) is 0 Å². The van der Waals surface area contributed by atoms with E-state index in [0.717, 1.165) is 0 Å². The maximum absolute atomic E-state index is 8.48. The molecule has 0 rings (SSSR count). The first-order valence-electron chi connectivity index (χ1n) is 4.08. The lowest BCUT2D eigenvalue weighted by molar-refractivity contribution is -0.0527. The van der Waals surface area contributed by atoms with Crippen LogP contribution in [0.2, 0.25) is 0 Å². The maximum atomic E-state index is 8.48. The Morgan fingerprint density at radius 1 is 1.17 bits per heavy atom. The second kappa shape index (κ2) is 7.45. The average molecular weight is 178 g/mol. The van der Waals surface area contributed by atoms with E-state index in [9.17, 15) is 0 Å². The van der Waals surface area contributed by atoms with E-state index < -0.39 is 6.29 Å². The predicted molar refractivity (Wildman–Crippen MR) is 45.3 cm³/mol. The molecule has 0 fully saturated rings. The van der Waals surface area contributed by atoms with E-state index in [1.54, 1.807) is 0 Å². The Morgan fingerprint density at radius 3 is 2.17 bits per heavy atom. The average Bonchev–Trinajstić information content (AvgIpc) is 2.04. The highest BCUT2D eigenvalue weighted by Gasteiger charge is 2.03. The Morgan fingerprint density at radius 2 is 1.75 bits per heavy atom. The fraction of sp³-hybridized carbons (Fsp3) is 1.00. The SMILES string of the molecule is NCC(CN)OCCCC(O)O. The number of aliphatic hydroxyl groups excluding tert-OH is 1. The quantitative estimate of drug-likeness (QED) is 0.277. The van der Waals surface area contributed by atoms with E-state index in [0.29, 0.717) is 32.5 Å². The van der Waals surface area contributed by atoms with E-state index in [1.165, 1.54) is 0 Å². The normalized spacial score (nSPS) is 11.5. The van der Waals surface area contributed by atoms with Crippen LogP contribution in [-0.2, 0) is 4.74 Å². The second-order valence-electron chi connectivity index (χ2n) is 2.59. The van der Waals surface area contributed by atoms with Crippen molar-refractivity contribution in [3.63, 3.8) is 0 Å². The van der Waals surface area contributed by atoms with Gasteiger partial charge in [0, 0.05) is 26.1 Å². The summed E-state index contributed by atoms with van der Waals surface area (Å²) in [7, 11) is 0. The lowest BCUT2D eigenvalue weighted by atomic mass is 10.3. The molecule has 0 spiro atoms. The first kappa shape index (κ1) is 11.8. The molecule has 74 valence electrons. The second-order valence-corrected chi connectivity index (χ2v) is 2.59. The fourth-order valence-electron chi connectivity index (χ4n) is 0.748. The highest BCUT2D eigenvalue weighted by molar-refractivity contribution is 4.58. The van der Waals surface area contributed by atoms with Crippen LogP contribution >= 0.6 is 0 Å². The molecule has 0 unspecified atom stereocenters. The van der Waals surface area contributed by atoms with Crippen molar-refractivity contribution >= 4 is 0 Å². The third kappa shape index (κ3) is 6.51. The topological polar surface area (TPSA) is 102 Å². The molecule has 0 aliphatic rings. The monoisotopic (exact) mass is 178 g/mol. The number of hydrogen-bond donors (Lipinski definition) is 4. The molecule has 0 aromatic carbocycles. The molecule has 0 amide bonds. The number of nitrogens with two attached hydrogens (primary N) is 2. The van der Waals surface area contributed by atoms with Crippen LogP contribution in [0.5, 0.6) is 0 Å². The largest absolute Gasteiger partial charge is 0.376 e. The minimum absolute atomic E-state index is 0.110. The lowest BCUT2D eigenvalue weighted by Gasteiger charge is -2.13. The van der Waals surface area contributed by atoms with Gasteiger partial charge in [-0.25, -0.2) is 0 Å². The minimum Gasteiger partial charge on any atom is -0.376 e. The van der Waals surface area contributed by atoms with Crippen LogP contribution in [0, 0.1) is 0 Å². The fourth-order valence-corrected chi connectivity index (χ4v) is 0.748. The van der Waals surface area contributed by atoms with E-state index in [4.69, 9.17) is 26.4 Å². The summed E-state index contributed by atoms with van der Waals surface area (Å²) >= 11 is 0. The molecule has 0 aromatic heterocycles. The van der Waals surface area contributed by atoms with Gasteiger partial charge in [0.2, 0.25) is 0 Å². The van der Waals surface area contributed by atoms with Crippen molar-refractivity contribution in [1.82, 2.24) is 0 Å². The van der Waals surface area contributed by atoms with Crippen molar-refractivity contribution in [2.24, 2.45) is 11.5 Å². The van der Waals surface area contributed by atoms with Crippen molar-refractivity contribution in [3.8, 4) is 0 Å². The van der Waals surface area contributed by atoms with Crippen molar-refractivity contribution in [2.45, 2.75) is 25.2 Å². The summed E-state index contributed by atoms with van der Waals surface area (Å²) in [6.45, 7) is 1.27. The highest BCUT2D eigenvalue weighted by Crippen LogP contribution is 1.96. The Bertz CT molecular complexity index is 96.7. The van der Waals surface area contributed by atoms with Crippen LogP contribution < -0.4 is 11.5 Å². The van der Waals surface area contributed by atoms with Gasteiger partial charge >= 0.3 is 0 Å². The Kier molecular flexibility index (Phi) is 7.33. The first-order chi connectivity index (χ1) is 5.70.